The van der Waals surface area contributed by atoms with Crippen LogP contribution in [0.5, 0.6) is 0 Å². The van der Waals surface area contributed by atoms with E-state index < -0.39 is 0 Å². The van der Waals surface area contributed by atoms with Gasteiger partial charge < -0.3 is 10.5 Å². The lowest BCUT2D eigenvalue weighted by molar-refractivity contribution is 0.184. The average Bonchev–Trinajstić information content (AvgIpc) is 2.34. The maximum atomic E-state index is 5.37. The maximum absolute atomic E-state index is 5.37. The molecule has 1 aliphatic heterocycles. The normalized spacial score (nSPS) is 27.0. The van der Waals surface area contributed by atoms with Crippen molar-refractivity contribution < 1.29 is 4.74 Å². The van der Waals surface area contributed by atoms with E-state index in [0.29, 0.717) is 0 Å². The lowest BCUT2D eigenvalue weighted by Crippen LogP contribution is -2.04. The predicted molar refractivity (Wildman–Crippen MR) is 37.2 cm³/mol. The van der Waals surface area contributed by atoms with E-state index in [1.165, 1.54) is 12.8 Å². The second-order valence-electron chi connectivity index (χ2n) is 2.66. The van der Waals surface area contributed by atoms with Crippen LogP contribution < -0.4 is 5.73 Å². The highest BCUT2D eigenvalue weighted by molar-refractivity contribution is 4.63. The molecule has 54 valence electrons. The molecule has 0 amide bonds. The first-order valence-corrected chi connectivity index (χ1v) is 3.71. The second kappa shape index (κ2) is 3.85. The van der Waals surface area contributed by atoms with Crippen LogP contribution in [-0.4, -0.2) is 19.8 Å². The van der Waals surface area contributed by atoms with Crippen LogP contribution >= 0.6 is 0 Å². The molecule has 0 aromatic rings. The zero-order valence-corrected chi connectivity index (χ0v) is 5.81. The standard InChI is InChI=1S/C7H15NO/c8-4-1-2-7-3-5-9-6-7/h7H,1-6,8H2/t7-/m1/s1. The smallest absolute Gasteiger partial charge is 0.0495 e. The summed E-state index contributed by atoms with van der Waals surface area (Å²) < 4.78 is 5.21. The quantitative estimate of drug-likeness (QED) is 0.610. The first kappa shape index (κ1) is 7.03. The summed E-state index contributed by atoms with van der Waals surface area (Å²) in [5, 5.41) is 0. The summed E-state index contributed by atoms with van der Waals surface area (Å²) in [7, 11) is 0. The van der Waals surface area contributed by atoms with E-state index in [-0.39, 0.29) is 0 Å². The Balaban J connectivity index is 1.98. The van der Waals surface area contributed by atoms with E-state index >= 15 is 0 Å². The van der Waals surface area contributed by atoms with Crippen LogP contribution in [0.15, 0.2) is 0 Å². The van der Waals surface area contributed by atoms with Crippen molar-refractivity contribution in [2.75, 3.05) is 19.8 Å². The topological polar surface area (TPSA) is 35.2 Å². The van der Waals surface area contributed by atoms with Crippen molar-refractivity contribution in [3.05, 3.63) is 0 Å². The summed E-state index contributed by atoms with van der Waals surface area (Å²) in [5.74, 6) is 0.813. The van der Waals surface area contributed by atoms with Crippen LogP contribution in [0.1, 0.15) is 19.3 Å². The number of hydrogen-bond donors (Lipinski definition) is 1. The molecule has 1 aliphatic rings. The van der Waals surface area contributed by atoms with Crippen molar-refractivity contribution >= 4 is 0 Å². The van der Waals surface area contributed by atoms with E-state index in [0.717, 1.165) is 32.1 Å². The van der Waals surface area contributed by atoms with E-state index in [1.54, 1.807) is 0 Å². The predicted octanol–water partition coefficient (Wildman–Crippen LogP) is 0.762. The molecule has 0 unspecified atom stereocenters. The van der Waals surface area contributed by atoms with Crippen LogP contribution in [0.4, 0.5) is 0 Å². The van der Waals surface area contributed by atoms with Gasteiger partial charge in [0.1, 0.15) is 0 Å². The average molecular weight is 129 g/mol. The van der Waals surface area contributed by atoms with Gasteiger partial charge in [-0.25, -0.2) is 0 Å². The fourth-order valence-corrected chi connectivity index (χ4v) is 1.22. The van der Waals surface area contributed by atoms with Gasteiger partial charge in [0.15, 0.2) is 0 Å². The Morgan fingerprint density at radius 3 is 3.00 bits per heavy atom. The van der Waals surface area contributed by atoms with Crippen molar-refractivity contribution in [1.82, 2.24) is 0 Å². The van der Waals surface area contributed by atoms with Crippen molar-refractivity contribution in [3.8, 4) is 0 Å². The highest BCUT2D eigenvalue weighted by atomic mass is 16.5. The molecule has 0 aliphatic carbocycles. The summed E-state index contributed by atoms with van der Waals surface area (Å²) in [4.78, 5) is 0. The van der Waals surface area contributed by atoms with Crippen molar-refractivity contribution in [2.24, 2.45) is 11.7 Å². The maximum Gasteiger partial charge on any atom is 0.0495 e. The van der Waals surface area contributed by atoms with Gasteiger partial charge >= 0.3 is 0 Å². The van der Waals surface area contributed by atoms with Crippen LogP contribution in [0.25, 0.3) is 0 Å². The fourth-order valence-electron chi connectivity index (χ4n) is 1.22. The van der Waals surface area contributed by atoms with Gasteiger partial charge in [-0.2, -0.15) is 0 Å². The molecule has 0 aromatic carbocycles. The molecule has 0 radical (unpaired) electrons. The molecule has 0 spiro atoms. The first-order valence-electron chi connectivity index (χ1n) is 3.71. The minimum atomic E-state index is 0.813. The van der Waals surface area contributed by atoms with Gasteiger partial charge in [-0.1, -0.05) is 0 Å². The third-order valence-electron chi connectivity index (χ3n) is 1.84. The van der Waals surface area contributed by atoms with E-state index in [1.807, 2.05) is 0 Å². The van der Waals surface area contributed by atoms with E-state index in [2.05, 4.69) is 0 Å². The lowest BCUT2D eigenvalue weighted by atomic mass is 10.0. The van der Waals surface area contributed by atoms with Gasteiger partial charge in [0.05, 0.1) is 0 Å². The molecular formula is C7H15NO. The Labute approximate surface area is 56.4 Å². The molecule has 2 nitrogen and oxygen atoms in total. The number of rotatable bonds is 3. The number of ether oxygens (including phenoxy) is 1. The van der Waals surface area contributed by atoms with Crippen molar-refractivity contribution in [2.45, 2.75) is 19.3 Å². The minimum Gasteiger partial charge on any atom is -0.381 e. The van der Waals surface area contributed by atoms with E-state index in [9.17, 15) is 0 Å². The summed E-state index contributed by atoms with van der Waals surface area (Å²) in [6.45, 7) is 2.77. The Hall–Kier alpha value is -0.0800. The van der Waals surface area contributed by atoms with Gasteiger partial charge in [0.2, 0.25) is 0 Å². The highest BCUT2D eigenvalue weighted by Gasteiger charge is 2.13. The summed E-state index contributed by atoms with van der Waals surface area (Å²) in [6, 6.07) is 0. The van der Waals surface area contributed by atoms with Crippen LogP contribution in [0.3, 0.4) is 0 Å². The molecule has 1 saturated heterocycles. The van der Waals surface area contributed by atoms with Gasteiger partial charge in [0.25, 0.3) is 0 Å². The van der Waals surface area contributed by atoms with Gasteiger partial charge in [-0.15, -0.1) is 0 Å². The molecule has 1 heterocycles. The first-order chi connectivity index (χ1) is 4.43. The van der Waals surface area contributed by atoms with Crippen LogP contribution in [0, 0.1) is 5.92 Å². The number of nitrogens with two attached hydrogens (primary N) is 1. The minimum absolute atomic E-state index is 0.813. The zero-order chi connectivity index (χ0) is 6.53. The Morgan fingerprint density at radius 1 is 1.56 bits per heavy atom. The SMILES string of the molecule is NCCC[C@@H]1CCOC1. The molecule has 1 atom stereocenters. The van der Waals surface area contributed by atoms with Crippen LogP contribution in [0.2, 0.25) is 0 Å². The molecule has 0 bridgehead atoms. The van der Waals surface area contributed by atoms with Gasteiger partial charge in [-0.05, 0) is 31.7 Å². The Morgan fingerprint density at radius 2 is 2.44 bits per heavy atom. The van der Waals surface area contributed by atoms with Crippen LogP contribution in [-0.2, 0) is 4.74 Å². The summed E-state index contributed by atoms with van der Waals surface area (Å²) >= 11 is 0. The molecule has 2 N–H and O–H groups in total. The number of hydrogen-bond acceptors (Lipinski definition) is 2. The van der Waals surface area contributed by atoms with E-state index in [4.69, 9.17) is 10.5 Å². The van der Waals surface area contributed by atoms with Gasteiger partial charge in [-0.3, -0.25) is 0 Å². The third kappa shape index (κ3) is 2.33. The fraction of sp³-hybridized carbons (Fsp3) is 1.00. The lowest BCUT2D eigenvalue weighted by Gasteiger charge is -2.03. The van der Waals surface area contributed by atoms with Crippen molar-refractivity contribution in [3.63, 3.8) is 0 Å². The highest BCUT2D eigenvalue weighted by Crippen LogP contribution is 2.16. The molecule has 1 rings (SSSR count). The van der Waals surface area contributed by atoms with Crippen molar-refractivity contribution in [1.29, 1.82) is 0 Å². The molecular weight excluding hydrogens is 114 g/mol. The molecule has 9 heavy (non-hydrogen) atoms. The molecule has 0 saturated carbocycles. The Bertz CT molecular complexity index is 69.3. The zero-order valence-electron chi connectivity index (χ0n) is 5.81. The summed E-state index contributed by atoms with van der Waals surface area (Å²) in [5.41, 5.74) is 5.37. The largest absolute Gasteiger partial charge is 0.381 e. The van der Waals surface area contributed by atoms with Gasteiger partial charge in [0, 0.05) is 13.2 Å². The second-order valence-corrected chi connectivity index (χ2v) is 2.66. The third-order valence-corrected chi connectivity index (χ3v) is 1.84. The monoisotopic (exact) mass is 129 g/mol. The summed E-state index contributed by atoms with van der Waals surface area (Å²) in [6.07, 6.45) is 3.67. The molecule has 1 fully saturated rings. The molecule has 0 aromatic heterocycles. The Kier molecular flexibility index (Phi) is 3.01. The molecule has 2 heteroatoms.